The van der Waals surface area contributed by atoms with E-state index >= 15 is 0 Å². The Labute approximate surface area is 165 Å². The van der Waals surface area contributed by atoms with Crippen molar-refractivity contribution in [3.05, 3.63) is 46.9 Å². The average molecular weight is 436 g/mol. The summed E-state index contributed by atoms with van der Waals surface area (Å²) in [5.74, 6) is -0.321. The van der Waals surface area contributed by atoms with E-state index in [2.05, 4.69) is 9.97 Å². The minimum absolute atomic E-state index is 0.0184. The average Bonchev–Trinajstić information content (AvgIpc) is 2.60. The summed E-state index contributed by atoms with van der Waals surface area (Å²) in [6, 6.07) is 5.47. The molecule has 2 aromatic rings. The first-order chi connectivity index (χ1) is 13.1. The number of morpholine rings is 1. The Kier molecular flexibility index (Phi) is 5.83. The number of anilines is 1. The van der Waals surface area contributed by atoms with E-state index < -0.39 is 32.2 Å². The van der Waals surface area contributed by atoms with Crippen LogP contribution in [0, 0.1) is 0 Å². The molecule has 152 valence electrons. The summed E-state index contributed by atoms with van der Waals surface area (Å²) < 4.78 is 70.4. The molecule has 2 heterocycles. The number of rotatable bonds is 4. The monoisotopic (exact) mass is 435 g/mol. The van der Waals surface area contributed by atoms with Gasteiger partial charge in [0.25, 0.3) is 0 Å². The molecule has 0 bridgehead atoms. The second-order valence-electron chi connectivity index (χ2n) is 6.36. The van der Waals surface area contributed by atoms with Gasteiger partial charge in [-0.3, -0.25) is 0 Å². The van der Waals surface area contributed by atoms with Crippen LogP contribution in [0.4, 0.5) is 19.0 Å². The van der Waals surface area contributed by atoms with Crippen molar-refractivity contribution in [2.45, 2.75) is 29.8 Å². The van der Waals surface area contributed by atoms with E-state index in [0.29, 0.717) is 25.6 Å². The molecule has 3 rings (SSSR count). The number of benzene rings is 1. The van der Waals surface area contributed by atoms with Gasteiger partial charge in [0.1, 0.15) is 5.82 Å². The van der Waals surface area contributed by atoms with Crippen molar-refractivity contribution in [3.63, 3.8) is 0 Å². The van der Waals surface area contributed by atoms with Crippen molar-refractivity contribution >= 4 is 27.3 Å². The zero-order valence-corrected chi connectivity index (χ0v) is 16.4. The lowest BCUT2D eigenvalue weighted by atomic mass is 10.2. The van der Waals surface area contributed by atoms with Crippen LogP contribution in [0.2, 0.25) is 5.28 Å². The van der Waals surface area contributed by atoms with Gasteiger partial charge in [-0.1, -0.05) is 12.1 Å². The van der Waals surface area contributed by atoms with Gasteiger partial charge in [-0.2, -0.15) is 13.2 Å². The van der Waals surface area contributed by atoms with Gasteiger partial charge in [-0.05, 0) is 30.7 Å². The SMILES string of the molecule is C[C@H]1COCCN1c1cc(CS(=O)(=O)c2ccccc2C(F)(F)F)nc(Cl)n1. The van der Waals surface area contributed by atoms with E-state index in [1.165, 1.54) is 12.1 Å². The van der Waals surface area contributed by atoms with Crippen LogP contribution in [-0.4, -0.2) is 44.2 Å². The molecule has 1 aliphatic rings. The lowest BCUT2D eigenvalue weighted by molar-refractivity contribution is -0.139. The highest BCUT2D eigenvalue weighted by Crippen LogP contribution is 2.35. The van der Waals surface area contributed by atoms with Crippen LogP contribution >= 0.6 is 11.6 Å². The summed E-state index contributed by atoms with van der Waals surface area (Å²) >= 11 is 5.94. The third-order valence-electron chi connectivity index (χ3n) is 4.27. The maximum Gasteiger partial charge on any atom is 0.417 e. The smallest absolute Gasteiger partial charge is 0.377 e. The highest BCUT2D eigenvalue weighted by molar-refractivity contribution is 7.90. The van der Waals surface area contributed by atoms with Crippen molar-refractivity contribution in [3.8, 4) is 0 Å². The van der Waals surface area contributed by atoms with E-state index in [4.69, 9.17) is 16.3 Å². The Bertz CT molecular complexity index is 970. The summed E-state index contributed by atoms with van der Waals surface area (Å²) in [6.07, 6.45) is -4.79. The molecule has 0 aliphatic carbocycles. The standard InChI is InChI=1S/C17H17ClF3N3O3S/c1-11-9-27-7-6-24(11)15-8-12(22-16(18)23-15)10-28(25,26)14-5-3-2-4-13(14)17(19,20)21/h2-5,8,11H,6-7,9-10H2,1H3/t11-/m0/s1. The van der Waals surface area contributed by atoms with E-state index in [0.717, 1.165) is 18.2 Å². The number of hydrogen-bond donors (Lipinski definition) is 0. The van der Waals surface area contributed by atoms with Gasteiger partial charge in [-0.25, -0.2) is 18.4 Å². The van der Waals surface area contributed by atoms with Crippen molar-refractivity contribution in [2.75, 3.05) is 24.7 Å². The van der Waals surface area contributed by atoms with E-state index in [1.54, 1.807) is 0 Å². The molecule has 1 saturated heterocycles. The normalized spacial score (nSPS) is 18.3. The van der Waals surface area contributed by atoms with E-state index in [1.807, 2.05) is 11.8 Å². The van der Waals surface area contributed by atoms with Crippen LogP contribution < -0.4 is 4.90 Å². The fraction of sp³-hybridized carbons (Fsp3) is 0.412. The molecule has 0 spiro atoms. The Balaban J connectivity index is 1.96. The lowest BCUT2D eigenvalue weighted by Gasteiger charge is -2.34. The first kappa shape index (κ1) is 20.8. The summed E-state index contributed by atoms with van der Waals surface area (Å²) in [6.45, 7) is 3.37. The summed E-state index contributed by atoms with van der Waals surface area (Å²) in [4.78, 5) is 9.10. The van der Waals surface area contributed by atoms with Crippen LogP contribution in [0.15, 0.2) is 35.2 Å². The van der Waals surface area contributed by atoms with Gasteiger partial charge < -0.3 is 9.64 Å². The number of nitrogens with zero attached hydrogens (tertiary/aromatic N) is 3. The first-order valence-corrected chi connectivity index (χ1v) is 10.4. The summed E-state index contributed by atoms with van der Waals surface area (Å²) in [5.41, 5.74) is -1.19. The Morgan fingerprint density at radius 1 is 1.29 bits per heavy atom. The highest BCUT2D eigenvalue weighted by Gasteiger charge is 2.37. The van der Waals surface area contributed by atoms with Crippen molar-refractivity contribution in [1.29, 1.82) is 0 Å². The fourth-order valence-corrected chi connectivity index (χ4v) is 4.68. The largest absolute Gasteiger partial charge is 0.417 e. The molecule has 11 heteroatoms. The maximum absolute atomic E-state index is 13.2. The number of hydrogen-bond acceptors (Lipinski definition) is 6. The Morgan fingerprint density at radius 2 is 2.00 bits per heavy atom. The van der Waals surface area contributed by atoms with Gasteiger partial charge >= 0.3 is 6.18 Å². The Hall–Kier alpha value is -1.91. The van der Waals surface area contributed by atoms with Crippen LogP contribution in [0.5, 0.6) is 0 Å². The third-order valence-corrected chi connectivity index (χ3v) is 6.14. The highest BCUT2D eigenvalue weighted by atomic mass is 35.5. The van der Waals surface area contributed by atoms with Crippen molar-refractivity contribution in [1.82, 2.24) is 9.97 Å². The fourth-order valence-electron chi connectivity index (χ4n) is 2.98. The molecule has 1 aliphatic heterocycles. The van der Waals surface area contributed by atoms with E-state index in [9.17, 15) is 21.6 Å². The number of halogens is 4. The van der Waals surface area contributed by atoms with Gasteiger partial charge in [0.15, 0.2) is 9.84 Å². The number of alkyl halides is 3. The molecule has 1 atom stereocenters. The molecular weight excluding hydrogens is 419 g/mol. The zero-order chi connectivity index (χ0) is 20.5. The lowest BCUT2D eigenvalue weighted by Crippen LogP contribution is -2.44. The van der Waals surface area contributed by atoms with Gasteiger partial charge in [0.2, 0.25) is 5.28 Å². The van der Waals surface area contributed by atoms with Crippen molar-refractivity contribution < 1.29 is 26.3 Å². The van der Waals surface area contributed by atoms with Crippen LogP contribution in [0.1, 0.15) is 18.2 Å². The minimum Gasteiger partial charge on any atom is -0.377 e. The molecule has 0 unspecified atom stereocenters. The maximum atomic E-state index is 13.2. The zero-order valence-electron chi connectivity index (χ0n) is 14.8. The van der Waals surface area contributed by atoms with Crippen LogP contribution in [0.3, 0.4) is 0 Å². The Morgan fingerprint density at radius 3 is 2.68 bits per heavy atom. The quantitative estimate of drug-likeness (QED) is 0.686. The van der Waals surface area contributed by atoms with Gasteiger partial charge in [0, 0.05) is 12.6 Å². The molecule has 0 amide bonds. The van der Waals surface area contributed by atoms with Crippen LogP contribution in [-0.2, 0) is 26.5 Å². The molecule has 1 fully saturated rings. The third kappa shape index (κ3) is 4.56. The molecule has 6 nitrogen and oxygen atoms in total. The summed E-state index contributed by atoms with van der Waals surface area (Å²) in [5, 5.41) is -0.175. The van der Waals surface area contributed by atoms with Gasteiger partial charge in [-0.15, -0.1) is 0 Å². The number of ether oxygens (including phenoxy) is 1. The molecular formula is C17H17ClF3N3O3S. The van der Waals surface area contributed by atoms with Crippen LogP contribution in [0.25, 0.3) is 0 Å². The second-order valence-corrected chi connectivity index (χ2v) is 8.65. The molecule has 1 aromatic carbocycles. The topological polar surface area (TPSA) is 72.4 Å². The molecule has 0 saturated carbocycles. The first-order valence-electron chi connectivity index (χ1n) is 8.35. The summed E-state index contributed by atoms with van der Waals surface area (Å²) in [7, 11) is -4.32. The number of sulfone groups is 1. The van der Waals surface area contributed by atoms with E-state index in [-0.39, 0.29) is 17.0 Å². The van der Waals surface area contributed by atoms with Gasteiger partial charge in [0.05, 0.1) is 41.2 Å². The molecule has 0 N–H and O–H groups in total. The van der Waals surface area contributed by atoms with Crippen molar-refractivity contribution in [2.24, 2.45) is 0 Å². The predicted molar refractivity (Wildman–Crippen MR) is 97.0 cm³/mol. The molecule has 0 radical (unpaired) electrons. The molecule has 1 aromatic heterocycles. The number of aromatic nitrogens is 2. The molecule has 28 heavy (non-hydrogen) atoms. The minimum atomic E-state index is -4.79. The predicted octanol–water partition coefficient (Wildman–Crippen LogP) is 3.35. The second kappa shape index (κ2) is 7.84.